The third-order valence-electron chi connectivity index (χ3n) is 3.22. The largest absolute Gasteiger partial charge is 0.464 e. The first-order valence-electron chi connectivity index (χ1n) is 6.56. The molecule has 0 aliphatic heterocycles. The number of fused-ring (bicyclic) bond motifs is 1. The molecule has 0 saturated heterocycles. The summed E-state index contributed by atoms with van der Waals surface area (Å²) in [6.07, 6.45) is 1.56. The highest BCUT2D eigenvalue weighted by Gasteiger charge is 2.14. The minimum Gasteiger partial charge on any atom is -0.464 e. The molecule has 6 heteroatoms. The molecule has 3 aromatic rings. The first-order chi connectivity index (χ1) is 10.6. The Morgan fingerprint density at radius 3 is 2.77 bits per heavy atom. The molecule has 22 heavy (non-hydrogen) atoms. The molecule has 0 aliphatic rings. The van der Waals surface area contributed by atoms with Crippen molar-refractivity contribution in [1.82, 2.24) is 5.32 Å². The summed E-state index contributed by atoms with van der Waals surface area (Å²) in [6, 6.07) is 8.02. The monoisotopic (exact) mass is 339 g/mol. The predicted molar refractivity (Wildman–Crippen MR) is 85.5 cm³/mol. The molecule has 3 rings (SSSR count). The van der Waals surface area contributed by atoms with E-state index in [0.717, 1.165) is 5.39 Å². The van der Waals surface area contributed by atoms with E-state index in [9.17, 15) is 4.39 Å². The molecule has 114 valence electrons. The molecule has 2 aromatic carbocycles. The molecule has 1 aromatic heterocycles. The van der Waals surface area contributed by atoms with Crippen LogP contribution in [0.5, 0.6) is 11.5 Å². The number of rotatable bonds is 4. The average Bonchev–Trinajstić information content (AvgIpc) is 2.96. The maximum Gasteiger partial charge on any atom is 0.146 e. The molecule has 0 fully saturated rings. The molecule has 0 saturated carbocycles. The maximum atomic E-state index is 13.6. The molecule has 0 spiro atoms. The fraction of sp³-hybridized carbons (Fsp3) is 0.125. The second-order valence-corrected chi connectivity index (χ2v) is 5.50. The summed E-state index contributed by atoms with van der Waals surface area (Å²) in [5, 5.41) is 4.14. The summed E-state index contributed by atoms with van der Waals surface area (Å²) >= 11 is 12.2. The van der Waals surface area contributed by atoms with E-state index >= 15 is 0 Å². The van der Waals surface area contributed by atoms with Crippen molar-refractivity contribution < 1.29 is 13.5 Å². The van der Waals surface area contributed by atoms with Crippen LogP contribution in [0.3, 0.4) is 0 Å². The van der Waals surface area contributed by atoms with Gasteiger partial charge in [0.15, 0.2) is 0 Å². The van der Waals surface area contributed by atoms with Gasteiger partial charge in [-0.05, 0) is 31.3 Å². The van der Waals surface area contributed by atoms with Crippen LogP contribution in [0.4, 0.5) is 4.39 Å². The Morgan fingerprint density at radius 2 is 2.00 bits per heavy atom. The van der Waals surface area contributed by atoms with E-state index in [1.165, 1.54) is 12.1 Å². The Labute approximate surface area is 136 Å². The van der Waals surface area contributed by atoms with Crippen molar-refractivity contribution in [3.63, 3.8) is 0 Å². The van der Waals surface area contributed by atoms with E-state index in [2.05, 4.69) is 5.32 Å². The van der Waals surface area contributed by atoms with Crippen molar-refractivity contribution in [3.8, 4) is 11.5 Å². The van der Waals surface area contributed by atoms with Crippen LogP contribution in [0.1, 0.15) is 5.56 Å². The third kappa shape index (κ3) is 2.77. The molecule has 1 heterocycles. The van der Waals surface area contributed by atoms with Crippen LogP contribution < -0.4 is 10.1 Å². The Kier molecular flexibility index (Phi) is 4.25. The van der Waals surface area contributed by atoms with Crippen molar-refractivity contribution in [3.05, 3.63) is 58.0 Å². The quantitative estimate of drug-likeness (QED) is 0.691. The van der Waals surface area contributed by atoms with Gasteiger partial charge in [0.1, 0.15) is 22.9 Å². The van der Waals surface area contributed by atoms with Crippen molar-refractivity contribution >= 4 is 34.2 Å². The molecule has 1 N–H and O–H groups in total. The van der Waals surface area contributed by atoms with Crippen LogP contribution in [0.2, 0.25) is 10.0 Å². The normalized spacial score (nSPS) is 11.1. The molecule has 0 aliphatic carbocycles. The van der Waals surface area contributed by atoms with Gasteiger partial charge in [0.25, 0.3) is 0 Å². The van der Waals surface area contributed by atoms with Gasteiger partial charge in [-0.25, -0.2) is 4.39 Å². The molecular weight excluding hydrogens is 328 g/mol. The SMILES string of the molecule is CNCc1cc(F)c(Cl)cc1Oc1ccc2occc2c1Cl. The van der Waals surface area contributed by atoms with Crippen molar-refractivity contribution in [2.24, 2.45) is 0 Å². The zero-order valence-electron chi connectivity index (χ0n) is 11.6. The number of hydrogen-bond acceptors (Lipinski definition) is 3. The summed E-state index contributed by atoms with van der Waals surface area (Å²) in [4.78, 5) is 0. The first kappa shape index (κ1) is 15.2. The Bertz CT molecular complexity index is 832. The summed E-state index contributed by atoms with van der Waals surface area (Å²) in [7, 11) is 1.76. The molecular formula is C16H12Cl2FNO2. The van der Waals surface area contributed by atoms with E-state index in [1.807, 2.05) is 0 Å². The number of benzene rings is 2. The summed E-state index contributed by atoms with van der Waals surface area (Å²) < 4.78 is 24.7. The standard InChI is InChI=1S/C16H12Cl2FNO2/c1-20-8-9-6-12(19)11(17)7-15(9)22-14-3-2-13-10(16(14)18)4-5-21-13/h2-7,20H,8H2,1H3. The zero-order chi connectivity index (χ0) is 15.7. The van der Waals surface area contributed by atoms with E-state index in [1.54, 1.807) is 31.5 Å². The second-order valence-electron chi connectivity index (χ2n) is 4.72. The van der Waals surface area contributed by atoms with Gasteiger partial charge >= 0.3 is 0 Å². The van der Waals surface area contributed by atoms with Gasteiger partial charge < -0.3 is 14.5 Å². The predicted octanol–water partition coefficient (Wildman–Crippen LogP) is 5.39. The highest BCUT2D eigenvalue weighted by molar-refractivity contribution is 6.36. The molecule has 0 radical (unpaired) electrons. The number of halogens is 3. The highest BCUT2D eigenvalue weighted by Crippen LogP contribution is 2.38. The number of furan rings is 1. The van der Waals surface area contributed by atoms with E-state index in [0.29, 0.717) is 34.2 Å². The molecule has 0 bridgehead atoms. The lowest BCUT2D eigenvalue weighted by molar-refractivity contribution is 0.472. The van der Waals surface area contributed by atoms with Crippen LogP contribution in [0.15, 0.2) is 41.0 Å². The smallest absolute Gasteiger partial charge is 0.146 e. The van der Waals surface area contributed by atoms with Crippen LogP contribution in [0, 0.1) is 5.82 Å². The molecule has 0 unspecified atom stereocenters. The fourth-order valence-electron chi connectivity index (χ4n) is 2.18. The van der Waals surface area contributed by atoms with Gasteiger partial charge in [0.2, 0.25) is 0 Å². The number of hydrogen-bond donors (Lipinski definition) is 1. The summed E-state index contributed by atoms with van der Waals surface area (Å²) in [6.45, 7) is 0.439. The Balaban J connectivity index is 2.03. The zero-order valence-corrected chi connectivity index (χ0v) is 13.1. The van der Waals surface area contributed by atoms with Crippen LogP contribution >= 0.6 is 23.2 Å². The average molecular weight is 340 g/mol. The van der Waals surface area contributed by atoms with Crippen molar-refractivity contribution in [2.45, 2.75) is 6.54 Å². The molecule has 0 atom stereocenters. The van der Waals surface area contributed by atoms with Crippen molar-refractivity contribution in [2.75, 3.05) is 7.05 Å². The van der Waals surface area contributed by atoms with Gasteiger partial charge in [-0.1, -0.05) is 23.2 Å². The number of nitrogens with one attached hydrogen (secondary N) is 1. The van der Waals surface area contributed by atoms with Crippen LogP contribution in [-0.2, 0) is 6.54 Å². The van der Waals surface area contributed by atoms with Gasteiger partial charge in [-0.3, -0.25) is 0 Å². The van der Waals surface area contributed by atoms with E-state index < -0.39 is 5.82 Å². The van der Waals surface area contributed by atoms with E-state index in [-0.39, 0.29) is 5.02 Å². The maximum absolute atomic E-state index is 13.6. The topological polar surface area (TPSA) is 34.4 Å². The second kappa shape index (κ2) is 6.16. The number of ether oxygens (including phenoxy) is 1. The van der Waals surface area contributed by atoms with E-state index in [4.69, 9.17) is 32.4 Å². The minimum absolute atomic E-state index is 0.00429. The summed E-state index contributed by atoms with van der Waals surface area (Å²) in [5.41, 5.74) is 1.32. The molecule has 3 nitrogen and oxygen atoms in total. The fourth-order valence-corrected chi connectivity index (χ4v) is 2.59. The first-order valence-corrected chi connectivity index (χ1v) is 7.32. The van der Waals surface area contributed by atoms with Crippen LogP contribution in [-0.4, -0.2) is 7.05 Å². The lowest BCUT2D eigenvalue weighted by Crippen LogP contribution is -2.07. The van der Waals surface area contributed by atoms with Gasteiger partial charge in [0.05, 0.1) is 16.3 Å². The Hall–Kier alpha value is -1.75. The van der Waals surface area contributed by atoms with Gasteiger partial charge in [0, 0.05) is 23.6 Å². The lowest BCUT2D eigenvalue weighted by atomic mass is 10.2. The van der Waals surface area contributed by atoms with Crippen molar-refractivity contribution in [1.29, 1.82) is 0 Å². The summed E-state index contributed by atoms with van der Waals surface area (Å²) in [5.74, 6) is 0.414. The lowest BCUT2D eigenvalue weighted by Gasteiger charge is -2.13. The third-order valence-corrected chi connectivity index (χ3v) is 3.90. The molecule has 0 amide bonds. The minimum atomic E-state index is -0.490. The van der Waals surface area contributed by atoms with Crippen LogP contribution in [0.25, 0.3) is 11.0 Å². The highest BCUT2D eigenvalue weighted by atomic mass is 35.5. The Morgan fingerprint density at radius 1 is 1.18 bits per heavy atom. The van der Waals surface area contributed by atoms with Gasteiger partial charge in [-0.2, -0.15) is 0 Å². The van der Waals surface area contributed by atoms with Gasteiger partial charge in [-0.15, -0.1) is 0 Å².